The SMILES string of the molecule is COc1ccc(CN(C)Cc2nnc(SCc3ccccn3)n2C[C@H]2CCCO2)c(O)c1. The minimum atomic E-state index is 0.190. The molecule has 0 aliphatic carbocycles. The first-order valence-electron chi connectivity index (χ1n) is 10.7. The number of pyridine rings is 1. The molecule has 1 atom stereocenters. The van der Waals surface area contributed by atoms with Gasteiger partial charge < -0.3 is 19.1 Å². The predicted molar refractivity (Wildman–Crippen MR) is 123 cm³/mol. The fourth-order valence-corrected chi connectivity index (χ4v) is 4.61. The van der Waals surface area contributed by atoms with E-state index in [0.717, 1.165) is 54.0 Å². The topological polar surface area (TPSA) is 85.5 Å². The second kappa shape index (κ2) is 10.8. The summed E-state index contributed by atoms with van der Waals surface area (Å²) in [7, 11) is 3.60. The third-order valence-electron chi connectivity index (χ3n) is 5.42. The van der Waals surface area contributed by atoms with Gasteiger partial charge in [0, 0.05) is 36.7 Å². The number of benzene rings is 1. The van der Waals surface area contributed by atoms with Crippen LogP contribution < -0.4 is 4.74 Å². The fraction of sp³-hybridized carbons (Fsp3) is 0.435. The van der Waals surface area contributed by atoms with Crippen molar-refractivity contribution in [2.24, 2.45) is 0 Å². The van der Waals surface area contributed by atoms with E-state index in [1.165, 1.54) is 0 Å². The first-order valence-corrected chi connectivity index (χ1v) is 11.7. The Labute approximate surface area is 192 Å². The zero-order valence-electron chi connectivity index (χ0n) is 18.5. The Balaban J connectivity index is 1.47. The maximum Gasteiger partial charge on any atom is 0.191 e. The van der Waals surface area contributed by atoms with Gasteiger partial charge in [0.2, 0.25) is 0 Å². The average Bonchev–Trinajstić information content (AvgIpc) is 3.45. The summed E-state index contributed by atoms with van der Waals surface area (Å²) in [5.41, 5.74) is 1.85. The number of aromatic hydroxyl groups is 1. The maximum atomic E-state index is 10.3. The number of ether oxygens (including phenoxy) is 2. The molecule has 9 heteroatoms. The quantitative estimate of drug-likeness (QED) is 0.465. The number of aromatic nitrogens is 4. The van der Waals surface area contributed by atoms with Crippen LogP contribution in [0.4, 0.5) is 0 Å². The Morgan fingerprint density at radius 1 is 1.25 bits per heavy atom. The van der Waals surface area contributed by atoms with Gasteiger partial charge in [0.25, 0.3) is 0 Å². The van der Waals surface area contributed by atoms with Crippen LogP contribution in [0.3, 0.4) is 0 Å². The maximum absolute atomic E-state index is 10.3. The predicted octanol–water partition coefficient (Wildman–Crippen LogP) is 3.49. The fourth-order valence-electron chi connectivity index (χ4n) is 3.73. The summed E-state index contributed by atoms with van der Waals surface area (Å²) in [4.78, 5) is 6.52. The number of phenols is 1. The van der Waals surface area contributed by atoms with Crippen LogP contribution >= 0.6 is 11.8 Å². The molecule has 8 nitrogen and oxygen atoms in total. The van der Waals surface area contributed by atoms with Gasteiger partial charge >= 0.3 is 0 Å². The Morgan fingerprint density at radius 3 is 2.88 bits per heavy atom. The average molecular weight is 456 g/mol. The van der Waals surface area contributed by atoms with Gasteiger partial charge in [-0.25, -0.2) is 0 Å². The van der Waals surface area contributed by atoms with Crippen LogP contribution in [0.2, 0.25) is 0 Å². The summed E-state index contributed by atoms with van der Waals surface area (Å²) in [5.74, 6) is 2.49. The highest BCUT2D eigenvalue weighted by atomic mass is 32.2. The highest BCUT2D eigenvalue weighted by Crippen LogP contribution is 2.26. The molecule has 1 N–H and O–H groups in total. The van der Waals surface area contributed by atoms with E-state index >= 15 is 0 Å². The highest BCUT2D eigenvalue weighted by Gasteiger charge is 2.22. The molecule has 0 unspecified atom stereocenters. The molecular formula is C23H29N5O3S. The molecule has 0 spiro atoms. The number of rotatable bonds is 10. The molecule has 1 fully saturated rings. The molecule has 0 amide bonds. The molecule has 3 heterocycles. The number of hydrogen-bond acceptors (Lipinski definition) is 8. The van der Waals surface area contributed by atoms with E-state index in [1.54, 1.807) is 24.9 Å². The van der Waals surface area contributed by atoms with Crippen LogP contribution in [0.25, 0.3) is 0 Å². The third-order valence-corrected chi connectivity index (χ3v) is 6.42. The van der Waals surface area contributed by atoms with Gasteiger partial charge in [-0.05, 0) is 38.1 Å². The Morgan fingerprint density at radius 2 is 2.16 bits per heavy atom. The van der Waals surface area contributed by atoms with Gasteiger partial charge in [-0.15, -0.1) is 10.2 Å². The number of nitrogens with zero attached hydrogens (tertiary/aromatic N) is 5. The van der Waals surface area contributed by atoms with Gasteiger partial charge in [0.15, 0.2) is 5.16 Å². The van der Waals surface area contributed by atoms with Gasteiger partial charge in [-0.3, -0.25) is 9.88 Å². The van der Waals surface area contributed by atoms with Crippen LogP contribution in [0.1, 0.15) is 29.9 Å². The van der Waals surface area contributed by atoms with Gasteiger partial charge in [-0.2, -0.15) is 0 Å². The molecule has 1 aliphatic heterocycles. The summed E-state index contributed by atoms with van der Waals surface area (Å²) >= 11 is 1.64. The standard InChI is InChI=1S/C23H29N5O3S/c1-27(13-17-8-9-19(30-2)12-21(17)29)15-22-25-26-23(28(22)14-20-7-5-11-31-20)32-16-18-6-3-4-10-24-18/h3-4,6,8-10,12,20,29H,5,7,11,13-16H2,1-2H3/t20-/m1/s1. The summed E-state index contributed by atoms with van der Waals surface area (Å²) in [6.07, 6.45) is 4.14. The molecule has 0 saturated carbocycles. The molecule has 1 aromatic carbocycles. The van der Waals surface area contributed by atoms with Crippen LogP contribution in [-0.2, 0) is 30.1 Å². The monoisotopic (exact) mass is 455 g/mol. The van der Waals surface area contributed by atoms with E-state index in [2.05, 4.69) is 24.6 Å². The van der Waals surface area contributed by atoms with E-state index in [0.29, 0.717) is 18.8 Å². The normalized spacial score (nSPS) is 16.0. The molecule has 0 bridgehead atoms. The lowest BCUT2D eigenvalue weighted by Gasteiger charge is -2.19. The van der Waals surface area contributed by atoms with Crippen molar-refractivity contribution in [3.63, 3.8) is 0 Å². The number of hydrogen-bond donors (Lipinski definition) is 1. The number of thioether (sulfide) groups is 1. The molecule has 0 radical (unpaired) electrons. The smallest absolute Gasteiger partial charge is 0.191 e. The second-order valence-electron chi connectivity index (χ2n) is 7.92. The summed E-state index contributed by atoms with van der Waals surface area (Å²) in [6, 6.07) is 11.3. The van der Waals surface area contributed by atoms with Crippen molar-refractivity contribution in [3.8, 4) is 11.5 Å². The lowest BCUT2D eigenvalue weighted by atomic mass is 10.2. The summed E-state index contributed by atoms with van der Waals surface area (Å²) in [5, 5.41) is 20.1. The lowest BCUT2D eigenvalue weighted by Crippen LogP contribution is -2.23. The first kappa shape index (κ1) is 22.6. The van der Waals surface area contributed by atoms with Crippen molar-refractivity contribution < 1.29 is 14.6 Å². The highest BCUT2D eigenvalue weighted by molar-refractivity contribution is 7.98. The van der Waals surface area contributed by atoms with Crippen LogP contribution in [-0.4, -0.2) is 56.6 Å². The van der Waals surface area contributed by atoms with E-state index < -0.39 is 0 Å². The molecule has 1 saturated heterocycles. The lowest BCUT2D eigenvalue weighted by molar-refractivity contribution is 0.0934. The van der Waals surface area contributed by atoms with Crippen molar-refractivity contribution in [1.82, 2.24) is 24.6 Å². The van der Waals surface area contributed by atoms with E-state index in [1.807, 2.05) is 43.6 Å². The largest absolute Gasteiger partial charge is 0.507 e. The second-order valence-corrected chi connectivity index (χ2v) is 8.86. The Kier molecular flexibility index (Phi) is 7.62. The number of methoxy groups -OCH3 is 1. The molecule has 32 heavy (non-hydrogen) atoms. The summed E-state index contributed by atoms with van der Waals surface area (Å²) in [6.45, 7) is 2.75. The Hall–Kier alpha value is -2.62. The molecule has 4 rings (SSSR count). The van der Waals surface area contributed by atoms with E-state index in [-0.39, 0.29) is 11.9 Å². The van der Waals surface area contributed by atoms with Crippen molar-refractivity contribution in [2.45, 2.75) is 49.5 Å². The van der Waals surface area contributed by atoms with Crippen LogP contribution in [0.5, 0.6) is 11.5 Å². The zero-order valence-corrected chi connectivity index (χ0v) is 19.3. The first-order chi connectivity index (χ1) is 15.6. The van der Waals surface area contributed by atoms with Crippen molar-refractivity contribution >= 4 is 11.8 Å². The third kappa shape index (κ3) is 5.79. The van der Waals surface area contributed by atoms with Crippen molar-refractivity contribution in [3.05, 3.63) is 59.7 Å². The van der Waals surface area contributed by atoms with E-state index in [4.69, 9.17) is 9.47 Å². The molecular weight excluding hydrogens is 426 g/mol. The molecule has 3 aromatic rings. The van der Waals surface area contributed by atoms with E-state index in [9.17, 15) is 5.11 Å². The Bertz CT molecular complexity index is 1010. The summed E-state index contributed by atoms with van der Waals surface area (Å²) < 4.78 is 13.2. The van der Waals surface area contributed by atoms with Crippen molar-refractivity contribution in [2.75, 3.05) is 20.8 Å². The van der Waals surface area contributed by atoms with Crippen LogP contribution in [0, 0.1) is 0 Å². The minimum absolute atomic E-state index is 0.190. The van der Waals surface area contributed by atoms with Gasteiger partial charge in [-0.1, -0.05) is 23.9 Å². The van der Waals surface area contributed by atoms with Crippen molar-refractivity contribution in [1.29, 1.82) is 0 Å². The van der Waals surface area contributed by atoms with Crippen LogP contribution in [0.15, 0.2) is 47.8 Å². The minimum Gasteiger partial charge on any atom is -0.507 e. The molecule has 170 valence electrons. The number of phenolic OH excluding ortho intramolecular Hbond substituents is 1. The molecule has 2 aromatic heterocycles. The zero-order chi connectivity index (χ0) is 22.3. The molecule has 1 aliphatic rings. The van der Waals surface area contributed by atoms with Gasteiger partial charge in [0.1, 0.15) is 17.3 Å². The van der Waals surface area contributed by atoms with Gasteiger partial charge in [0.05, 0.1) is 32.0 Å².